The monoisotopic (exact) mass is 368 g/mol. The Morgan fingerprint density at radius 1 is 1.24 bits per heavy atom. The van der Waals surface area contributed by atoms with Crippen molar-refractivity contribution in [1.82, 2.24) is 4.98 Å². The van der Waals surface area contributed by atoms with Crippen molar-refractivity contribution < 1.29 is 9.47 Å². The number of hydrogen-bond donors (Lipinski definition) is 1. The van der Waals surface area contributed by atoms with Crippen LogP contribution in [0.2, 0.25) is 5.15 Å². The fourth-order valence-electron chi connectivity index (χ4n) is 2.16. The van der Waals surface area contributed by atoms with Gasteiger partial charge in [0.2, 0.25) is 0 Å². The van der Waals surface area contributed by atoms with Crippen LogP contribution in [0.1, 0.15) is 18.5 Å². The molecule has 21 heavy (non-hydrogen) atoms. The Bertz CT molecular complexity index is 666. The molecule has 0 saturated carbocycles. The molecule has 1 aliphatic rings. The Hall–Kier alpha value is -1.46. The lowest BCUT2D eigenvalue weighted by molar-refractivity contribution is 0.171. The van der Waals surface area contributed by atoms with Crippen LogP contribution in [-0.2, 0) is 0 Å². The zero-order valence-electron chi connectivity index (χ0n) is 11.4. The van der Waals surface area contributed by atoms with E-state index in [-0.39, 0.29) is 6.04 Å². The van der Waals surface area contributed by atoms with E-state index in [1.165, 1.54) is 0 Å². The zero-order chi connectivity index (χ0) is 14.8. The normalized spacial score (nSPS) is 14.6. The van der Waals surface area contributed by atoms with Crippen LogP contribution in [-0.4, -0.2) is 18.2 Å². The molecule has 1 aliphatic heterocycles. The van der Waals surface area contributed by atoms with E-state index in [1.807, 2.05) is 24.3 Å². The van der Waals surface area contributed by atoms with Crippen LogP contribution in [0.3, 0.4) is 0 Å². The largest absolute Gasteiger partial charge is 0.486 e. The van der Waals surface area contributed by atoms with Gasteiger partial charge in [-0.2, -0.15) is 0 Å². The first kappa shape index (κ1) is 14.5. The van der Waals surface area contributed by atoms with Gasteiger partial charge in [-0.15, -0.1) is 0 Å². The van der Waals surface area contributed by atoms with Crippen molar-refractivity contribution >= 4 is 33.2 Å². The minimum absolute atomic E-state index is 0.107. The third kappa shape index (κ3) is 3.24. The highest BCUT2D eigenvalue weighted by Gasteiger charge is 2.14. The molecule has 0 bridgehead atoms. The van der Waals surface area contributed by atoms with Gasteiger partial charge in [-0.1, -0.05) is 17.7 Å². The Kier molecular flexibility index (Phi) is 4.22. The van der Waals surface area contributed by atoms with Gasteiger partial charge in [-0.3, -0.25) is 0 Å². The summed E-state index contributed by atoms with van der Waals surface area (Å²) < 4.78 is 11.9. The Morgan fingerprint density at radius 3 is 2.76 bits per heavy atom. The molecule has 1 aromatic carbocycles. The second-order valence-corrected chi connectivity index (χ2v) is 5.98. The van der Waals surface area contributed by atoms with Crippen molar-refractivity contribution in [2.75, 3.05) is 18.5 Å². The van der Waals surface area contributed by atoms with E-state index in [2.05, 4.69) is 33.2 Å². The van der Waals surface area contributed by atoms with Crippen molar-refractivity contribution in [1.29, 1.82) is 0 Å². The summed E-state index contributed by atoms with van der Waals surface area (Å²) in [7, 11) is 0. The van der Waals surface area contributed by atoms with Gasteiger partial charge in [-0.25, -0.2) is 4.98 Å². The number of aromatic nitrogens is 1. The molecule has 1 aromatic heterocycles. The van der Waals surface area contributed by atoms with Gasteiger partial charge in [0.15, 0.2) is 11.5 Å². The number of nitrogens with zero attached hydrogens (tertiary/aromatic N) is 1. The summed E-state index contributed by atoms with van der Waals surface area (Å²) in [6.07, 6.45) is 1.71. The van der Waals surface area contributed by atoms with E-state index in [9.17, 15) is 0 Å². The van der Waals surface area contributed by atoms with Crippen LogP contribution in [0.5, 0.6) is 11.5 Å². The predicted molar refractivity (Wildman–Crippen MR) is 86.4 cm³/mol. The second kappa shape index (κ2) is 6.12. The minimum atomic E-state index is 0.107. The van der Waals surface area contributed by atoms with Gasteiger partial charge in [0.05, 0.1) is 16.4 Å². The van der Waals surface area contributed by atoms with E-state index in [0.29, 0.717) is 18.4 Å². The third-order valence-corrected chi connectivity index (χ3v) is 4.38. The first-order valence-electron chi connectivity index (χ1n) is 6.60. The molecule has 4 nitrogen and oxygen atoms in total. The van der Waals surface area contributed by atoms with E-state index >= 15 is 0 Å². The molecule has 0 aliphatic carbocycles. The van der Waals surface area contributed by atoms with Crippen LogP contribution in [0, 0.1) is 0 Å². The summed E-state index contributed by atoms with van der Waals surface area (Å²) in [6.45, 7) is 3.27. The summed E-state index contributed by atoms with van der Waals surface area (Å²) in [6, 6.07) is 7.99. The van der Waals surface area contributed by atoms with Gasteiger partial charge in [-0.05, 0) is 46.6 Å². The van der Waals surface area contributed by atoms with Gasteiger partial charge >= 0.3 is 0 Å². The molecule has 6 heteroatoms. The number of nitrogens with one attached hydrogen (secondary N) is 1. The second-order valence-electron chi connectivity index (χ2n) is 4.77. The number of anilines is 1. The number of halogens is 2. The molecular formula is C15H14BrClN2O2. The molecule has 0 radical (unpaired) electrons. The van der Waals surface area contributed by atoms with E-state index < -0.39 is 0 Å². The van der Waals surface area contributed by atoms with Crippen LogP contribution in [0.25, 0.3) is 0 Å². The van der Waals surface area contributed by atoms with Crippen molar-refractivity contribution in [3.05, 3.63) is 45.7 Å². The fraction of sp³-hybridized carbons (Fsp3) is 0.267. The molecule has 0 spiro atoms. The summed E-state index contributed by atoms with van der Waals surface area (Å²) >= 11 is 9.27. The highest BCUT2D eigenvalue weighted by molar-refractivity contribution is 9.10. The lowest BCUT2D eigenvalue weighted by Crippen LogP contribution is -2.16. The summed E-state index contributed by atoms with van der Waals surface area (Å²) in [4.78, 5) is 4.11. The number of benzene rings is 1. The maximum absolute atomic E-state index is 5.90. The molecule has 3 rings (SSSR count). The SMILES string of the molecule is CC(Nc1cnc(Cl)c(Br)c1)c1ccc2c(c1)OCCO2. The average Bonchev–Trinajstić information content (AvgIpc) is 2.50. The lowest BCUT2D eigenvalue weighted by Gasteiger charge is -2.21. The molecule has 0 fully saturated rings. The first-order valence-corrected chi connectivity index (χ1v) is 7.78. The molecule has 0 amide bonds. The van der Waals surface area contributed by atoms with Gasteiger partial charge < -0.3 is 14.8 Å². The summed E-state index contributed by atoms with van der Waals surface area (Å²) in [5.41, 5.74) is 2.01. The smallest absolute Gasteiger partial charge is 0.161 e. The Morgan fingerprint density at radius 2 is 2.00 bits per heavy atom. The van der Waals surface area contributed by atoms with Crippen molar-refractivity contribution in [2.24, 2.45) is 0 Å². The van der Waals surface area contributed by atoms with Crippen molar-refractivity contribution in [3.8, 4) is 11.5 Å². The van der Waals surface area contributed by atoms with Crippen molar-refractivity contribution in [3.63, 3.8) is 0 Å². The molecule has 2 heterocycles. The van der Waals surface area contributed by atoms with E-state index in [1.54, 1.807) is 6.20 Å². The highest BCUT2D eigenvalue weighted by Crippen LogP contribution is 2.33. The van der Waals surface area contributed by atoms with E-state index in [0.717, 1.165) is 27.2 Å². The molecule has 1 N–H and O–H groups in total. The molecule has 0 saturated heterocycles. The van der Waals surface area contributed by atoms with Crippen molar-refractivity contribution in [2.45, 2.75) is 13.0 Å². The zero-order valence-corrected chi connectivity index (χ0v) is 13.7. The Balaban J connectivity index is 1.78. The number of hydrogen-bond acceptors (Lipinski definition) is 4. The number of fused-ring (bicyclic) bond motifs is 1. The topological polar surface area (TPSA) is 43.4 Å². The highest BCUT2D eigenvalue weighted by atomic mass is 79.9. The summed E-state index contributed by atoms with van der Waals surface area (Å²) in [5.74, 6) is 1.59. The van der Waals surface area contributed by atoms with Crippen LogP contribution < -0.4 is 14.8 Å². The minimum Gasteiger partial charge on any atom is -0.486 e. The maximum Gasteiger partial charge on any atom is 0.161 e. The number of rotatable bonds is 3. The molecule has 2 aromatic rings. The van der Waals surface area contributed by atoms with Gasteiger partial charge in [0, 0.05) is 6.04 Å². The lowest BCUT2D eigenvalue weighted by atomic mass is 10.1. The molecular weight excluding hydrogens is 356 g/mol. The fourth-order valence-corrected chi connectivity index (χ4v) is 2.62. The standard InChI is InChI=1S/C15H14BrClN2O2/c1-9(19-11-7-12(16)15(17)18-8-11)10-2-3-13-14(6-10)21-5-4-20-13/h2-3,6-9,19H,4-5H2,1H3. The molecule has 110 valence electrons. The quantitative estimate of drug-likeness (QED) is 0.812. The third-order valence-electron chi connectivity index (χ3n) is 3.25. The number of pyridine rings is 1. The van der Waals surface area contributed by atoms with Crippen LogP contribution in [0.4, 0.5) is 5.69 Å². The number of ether oxygens (including phenoxy) is 2. The van der Waals surface area contributed by atoms with Gasteiger partial charge in [0.25, 0.3) is 0 Å². The summed E-state index contributed by atoms with van der Waals surface area (Å²) in [5, 5.41) is 3.84. The predicted octanol–water partition coefficient (Wildman–Crippen LogP) is 4.44. The van der Waals surface area contributed by atoms with Crippen LogP contribution in [0.15, 0.2) is 34.9 Å². The Labute approximate surface area is 136 Å². The molecule has 1 atom stereocenters. The first-order chi connectivity index (χ1) is 10.1. The average molecular weight is 370 g/mol. The van der Waals surface area contributed by atoms with Crippen LogP contribution >= 0.6 is 27.5 Å². The van der Waals surface area contributed by atoms with E-state index in [4.69, 9.17) is 21.1 Å². The maximum atomic E-state index is 5.90. The van der Waals surface area contributed by atoms with Gasteiger partial charge in [0.1, 0.15) is 18.4 Å². The molecule has 1 unspecified atom stereocenters.